The fourth-order valence-corrected chi connectivity index (χ4v) is 3.02. The zero-order valence-corrected chi connectivity index (χ0v) is 9.28. The number of hydrogen-bond donors (Lipinski definition) is 0. The molecule has 0 amide bonds. The molecule has 2 aromatic rings. The molecule has 0 atom stereocenters. The third kappa shape index (κ3) is 1.35. The first-order valence-electron chi connectivity index (χ1n) is 4.43. The van der Waals surface area contributed by atoms with E-state index >= 15 is 0 Å². The first kappa shape index (κ1) is 9.69. The third-order valence-electron chi connectivity index (χ3n) is 2.26. The Hall–Kier alpha value is -0.860. The molecule has 1 aromatic carbocycles. The summed E-state index contributed by atoms with van der Waals surface area (Å²) in [4.78, 5) is 11.6. The quantitative estimate of drug-likeness (QED) is 0.707. The van der Waals surface area contributed by atoms with Crippen molar-refractivity contribution in [2.45, 2.75) is 13.3 Å². The lowest BCUT2D eigenvalue weighted by molar-refractivity contribution is 0.112. The summed E-state index contributed by atoms with van der Waals surface area (Å²) < 4.78 is 1.02. The summed E-state index contributed by atoms with van der Waals surface area (Å²) in [6.45, 7) is 2.05. The molecule has 0 unspecified atom stereocenters. The van der Waals surface area contributed by atoms with Crippen LogP contribution in [0, 0.1) is 0 Å². The highest BCUT2D eigenvalue weighted by molar-refractivity contribution is 7.21. The Balaban J connectivity index is 2.86. The van der Waals surface area contributed by atoms with Crippen molar-refractivity contribution in [3.8, 4) is 0 Å². The van der Waals surface area contributed by atoms with Crippen LogP contribution in [0.4, 0.5) is 0 Å². The lowest BCUT2D eigenvalue weighted by atomic mass is 10.1. The normalized spacial score (nSPS) is 10.7. The summed E-state index contributed by atoms with van der Waals surface area (Å²) in [6.07, 6.45) is 1.79. The number of halogens is 1. The molecule has 0 spiro atoms. The maximum absolute atomic E-state index is 10.8. The molecule has 1 aromatic heterocycles. The summed E-state index contributed by atoms with van der Waals surface area (Å²) >= 11 is 7.53. The Morgan fingerprint density at radius 1 is 1.50 bits per heavy atom. The van der Waals surface area contributed by atoms with Gasteiger partial charge in [0.15, 0.2) is 6.29 Å². The molecule has 72 valence electrons. The van der Waals surface area contributed by atoms with Crippen molar-refractivity contribution in [1.29, 1.82) is 0 Å². The van der Waals surface area contributed by atoms with Gasteiger partial charge < -0.3 is 0 Å². The number of carbonyl (C=O) groups is 1. The Morgan fingerprint density at radius 3 is 2.93 bits per heavy atom. The zero-order valence-electron chi connectivity index (χ0n) is 7.71. The first-order valence-corrected chi connectivity index (χ1v) is 5.62. The molecule has 3 heteroatoms. The Bertz CT molecular complexity index is 487. The van der Waals surface area contributed by atoms with Crippen LogP contribution in [0.3, 0.4) is 0 Å². The minimum atomic E-state index is 0.732. The van der Waals surface area contributed by atoms with Gasteiger partial charge in [-0.05, 0) is 23.4 Å². The molecule has 0 aliphatic carbocycles. The SMILES string of the molecule is CCc1c(C=O)sc2c(Cl)cccc12. The Morgan fingerprint density at radius 2 is 2.29 bits per heavy atom. The van der Waals surface area contributed by atoms with Crippen LogP contribution in [0.25, 0.3) is 10.1 Å². The molecule has 0 aliphatic heterocycles. The number of carbonyl (C=O) groups excluding carboxylic acids is 1. The van der Waals surface area contributed by atoms with Crippen LogP contribution >= 0.6 is 22.9 Å². The number of aldehydes is 1. The molecule has 1 nitrogen and oxygen atoms in total. The standard InChI is InChI=1S/C11H9ClOS/c1-2-7-8-4-3-5-9(12)11(8)14-10(7)6-13/h3-6H,2H2,1H3. The van der Waals surface area contributed by atoms with E-state index in [1.807, 2.05) is 18.2 Å². The summed E-state index contributed by atoms with van der Waals surface area (Å²) in [6, 6.07) is 5.79. The van der Waals surface area contributed by atoms with Crippen molar-refractivity contribution in [2.75, 3.05) is 0 Å². The largest absolute Gasteiger partial charge is 0.297 e. The van der Waals surface area contributed by atoms with Crippen molar-refractivity contribution in [1.82, 2.24) is 0 Å². The van der Waals surface area contributed by atoms with Gasteiger partial charge in [-0.15, -0.1) is 11.3 Å². The Labute approximate surface area is 91.3 Å². The van der Waals surface area contributed by atoms with Gasteiger partial charge >= 0.3 is 0 Å². The van der Waals surface area contributed by atoms with Crippen LogP contribution in [0.2, 0.25) is 5.02 Å². The first-order chi connectivity index (χ1) is 6.77. The summed E-state index contributed by atoms with van der Waals surface area (Å²) in [7, 11) is 0. The van der Waals surface area contributed by atoms with E-state index in [9.17, 15) is 4.79 Å². The summed E-state index contributed by atoms with van der Waals surface area (Å²) in [5, 5.41) is 1.85. The van der Waals surface area contributed by atoms with Gasteiger partial charge in [-0.3, -0.25) is 4.79 Å². The molecule has 2 rings (SSSR count). The van der Waals surface area contributed by atoms with E-state index in [4.69, 9.17) is 11.6 Å². The predicted molar refractivity (Wildman–Crippen MR) is 61.6 cm³/mol. The van der Waals surface area contributed by atoms with Crippen molar-refractivity contribution in [3.63, 3.8) is 0 Å². The van der Waals surface area contributed by atoms with E-state index in [0.29, 0.717) is 0 Å². The van der Waals surface area contributed by atoms with E-state index in [2.05, 4.69) is 6.92 Å². The third-order valence-corrected chi connectivity index (χ3v) is 3.90. The van der Waals surface area contributed by atoms with Gasteiger partial charge in [0, 0.05) is 0 Å². The van der Waals surface area contributed by atoms with Gasteiger partial charge in [-0.1, -0.05) is 30.7 Å². The minimum Gasteiger partial charge on any atom is -0.297 e. The second-order valence-corrected chi connectivity index (χ2v) is 4.49. The minimum absolute atomic E-state index is 0.732. The lowest BCUT2D eigenvalue weighted by Crippen LogP contribution is -1.82. The molecule has 0 aliphatic rings. The van der Waals surface area contributed by atoms with Gasteiger partial charge in [-0.25, -0.2) is 0 Å². The van der Waals surface area contributed by atoms with Gasteiger partial charge in [0.05, 0.1) is 14.6 Å². The zero-order chi connectivity index (χ0) is 10.1. The van der Waals surface area contributed by atoms with Crippen LogP contribution in [0.15, 0.2) is 18.2 Å². The van der Waals surface area contributed by atoms with Crippen molar-refractivity contribution < 1.29 is 4.79 Å². The van der Waals surface area contributed by atoms with E-state index < -0.39 is 0 Å². The number of aryl methyl sites for hydroxylation is 1. The number of rotatable bonds is 2. The fourth-order valence-electron chi connectivity index (χ4n) is 1.61. The van der Waals surface area contributed by atoms with Gasteiger partial charge in [0.25, 0.3) is 0 Å². The van der Waals surface area contributed by atoms with Crippen LogP contribution in [-0.2, 0) is 6.42 Å². The molecule has 0 saturated carbocycles. The highest BCUT2D eigenvalue weighted by Gasteiger charge is 2.11. The van der Waals surface area contributed by atoms with E-state index in [0.717, 1.165) is 38.3 Å². The molecule has 0 radical (unpaired) electrons. The van der Waals surface area contributed by atoms with E-state index in [-0.39, 0.29) is 0 Å². The second kappa shape index (κ2) is 3.71. The summed E-state index contributed by atoms with van der Waals surface area (Å²) in [5.41, 5.74) is 1.11. The fraction of sp³-hybridized carbons (Fsp3) is 0.182. The molecule has 0 bridgehead atoms. The van der Waals surface area contributed by atoms with Crippen molar-refractivity contribution in [2.24, 2.45) is 0 Å². The van der Waals surface area contributed by atoms with E-state index in [1.54, 1.807) is 0 Å². The molecule has 14 heavy (non-hydrogen) atoms. The average molecular weight is 225 g/mol. The van der Waals surface area contributed by atoms with Crippen LogP contribution < -0.4 is 0 Å². The highest BCUT2D eigenvalue weighted by Crippen LogP contribution is 2.35. The smallest absolute Gasteiger partial charge is 0.160 e. The van der Waals surface area contributed by atoms with Crippen LogP contribution in [-0.4, -0.2) is 6.29 Å². The Kier molecular flexibility index (Phi) is 2.57. The molecule has 0 N–H and O–H groups in total. The van der Waals surface area contributed by atoms with Crippen LogP contribution in [0.1, 0.15) is 22.2 Å². The molecule has 0 saturated heterocycles. The lowest BCUT2D eigenvalue weighted by Gasteiger charge is -1.95. The predicted octanol–water partition coefficient (Wildman–Crippen LogP) is 3.93. The van der Waals surface area contributed by atoms with Crippen molar-refractivity contribution in [3.05, 3.63) is 33.7 Å². The molecule has 1 heterocycles. The number of thiophene rings is 1. The molecule has 0 fully saturated rings. The number of hydrogen-bond acceptors (Lipinski definition) is 2. The number of benzene rings is 1. The van der Waals surface area contributed by atoms with Gasteiger partial charge in [0.2, 0.25) is 0 Å². The highest BCUT2D eigenvalue weighted by atomic mass is 35.5. The monoisotopic (exact) mass is 224 g/mol. The van der Waals surface area contributed by atoms with Gasteiger partial charge in [0.1, 0.15) is 0 Å². The van der Waals surface area contributed by atoms with E-state index in [1.165, 1.54) is 11.3 Å². The molecular weight excluding hydrogens is 216 g/mol. The average Bonchev–Trinajstić information content (AvgIpc) is 2.57. The van der Waals surface area contributed by atoms with Gasteiger partial charge in [-0.2, -0.15) is 0 Å². The summed E-state index contributed by atoms with van der Waals surface area (Å²) in [5.74, 6) is 0. The maximum atomic E-state index is 10.8. The maximum Gasteiger partial charge on any atom is 0.160 e. The second-order valence-electron chi connectivity index (χ2n) is 3.03. The molecular formula is C11H9ClOS. The van der Waals surface area contributed by atoms with Crippen molar-refractivity contribution >= 4 is 39.3 Å². The number of fused-ring (bicyclic) bond motifs is 1. The van der Waals surface area contributed by atoms with Crippen LogP contribution in [0.5, 0.6) is 0 Å². The topological polar surface area (TPSA) is 17.1 Å².